The summed E-state index contributed by atoms with van der Waals surface area (Å²) < 4.78 is 133. The predicted molar refractivity (Wildman–Crippen MR) is 291 cm³/mol. The SMILES string of the molecule is [C-]#[N+]c1ccc(COc2ccc(C#Cc3ccc(C(F)(F)[C@@](O)(Cn4cnnn4)c4ccc(F)cc4F)nc3)cc2)cc1.[C-]#[N+]c1ccc(COc2ccc(C#Cc3ccc(C(F)(F)[C@](O)(Cn4cnnn4)c4ccc(F)cc4F)nc3)cc2)cc1. The van der Waals surface area contributed by atoms with Gasteiger partial charge in [0.15, 0.2) is 22.6 Å². The highest BCUT2D eigenvalue weighted by Gasteiger charge is 2.59. The molecule has 24 heteroatoms. The molecular weight excluding hydrogens is 1130 g/mol. The summed E-state index contributed by atoms with van der Waals surface area (Å²) >= 11 is 0. The molecule has 0 spiro atoms. The third-order valence-electron chi connectivity index (χ3n) is 12.9. The number of tetrazole rings is 2. The van der Waals surface area contributed by atoms with E-state index in [1.807, 2.05) is 24.3 Å². The summed E-state index contributed by atoms with van der Waals surface area (Å²) in [6, 6.07) is 36.3. The second-order valence-electron chi connectivity index (χ2n) is 18.7. The van der Waals surface area contributed by atoms with Crippen LogP contribution in [0.5, 0.6) is 11.5 Å². The van der Waals surface area contributed by atoms with Crippen molar-refractivity contribution in [3.63, 3.8) is 0 Å². The maximum atomic E-state index is 15.9. The maximum Gasteiger partial charge on any atom is 0.323 e. The minimum atomic E-state index is -4.17. The molecule has 0 amide bonds. The zero-order chi connectivity index (χ0) is 60.9. The summed E-state index contributed by atoms with van der Waals surface area (Å²) in [5.74, 6) is -0.368. The van der Waals surface area contributed by atoms with Crippen LogP contribution in [0.3, 0.4) is 0 Å². The molecule has 4 aromatic heterocycles. The number of aliphatic hydroxyl groups is 2. The van der Waals surface area contributed by atoms with Crippen LogP contribution in [0.2, 0.25) is 0 Å². The highest BCUT2D eigenvalue weighted by Crippen LogP contribution is 2.48. The number of aromatic nitrogens is 10. The third kappa shape index (κ3) is 13.8. The molecule has 2 N–H and O–H groups in total. The molecule has 2 atom stereocenters. The summed E-state index contributed by atoms with van der Waals surface area (Å²) in [4.78, 5) is 14.3. The Morgan fingerprint density at radius 1 is 0.465 bits per heavy atom. The Labute approximate surface area is 484 Å². The molecule has 0 fully saturated rings. The molecule has 0 radical (unpaired) electrons. The second kappa shape index (κ2) is 25.9. The van der Waals surface area contributed by atoms with Gasteiger partial charge in [-0.1, -0.05) is 72.2 Å². The van der Waals surface area contributed by atoms with Crippen molar-refractivity contribution in [1.82, 2.24) is 50.4 Å². The molecule has 0 aliphatic heterocycles. The van der Waals surface area contributed by atoms with Gasteiger partial charge in [0.05, 0.1) is 26.2 Å². The molecule has 6 aromatic carbocycles. The molecular formula is C62H40F8N12O4. The van der Waals surface area contributed by atoms with Gasteiger partial charge in [0.25, 0.3) is 0 Å². The fourth-order valence-corrected chi connectivity index (χ4v) is 8.29. The van der Waals surface area contributed by atoms with E-state index >= 15 is 17.6 Å². The monoisotopic (exact) mass is 1170 g/mol. The molecule has 0 aliphatic carbocycles. The van der Waals surface area contributed by atoms with Crippen LogP contribution >= 0.6 is 0 Å². The first-order chi connectivity index (χ1) is 41.3. The lowest BCUT2D eigenvalue weighted by atomic mass is 9.84. The Bertz CT molecular complexity index is 3900. The standard InChI is InChI=1S/2C31H20F4N6O2/c2*1-36-25-10-4-23(5-11-25)18-43-26-12-6-21(7-13-26)2-3-22-8-15-29(37-17-22)31(34,35)30(42,19-41-20-38-39-40-41)27-14-9-24(32)16-28(27)33/h2*4-17,20,42H,18-19H2/t2*30-/m10/s1. The molecule has 428 valence electrons. The first-order valence-corrected chi connectivity index (χ1v) is 25.2. The summed E-state index contributed by atoms with van der Waals surface area (Å²) in [5, 5.41) is 42.9. The van der Waals surface area contributed by atoms with E-state index in [1.165, 1.54) is 12.1 Å². The largest absolute Gasteiger partial charge is 0.489 e. The quantitative estimate of drug-likeness (QED) is 0.0532. The van der Waals surface area contributed by atoms with E-state index in [4.69, 9.17) is 22.6 Å². The van der Waals surface area contributed by atoms with Gasteiger partial charge in [-0.15, -0.1) is 10.2 Å². The van der Waals surface area contributed by atoms with Crippen molar-refractivity contribution in [3.05, 3.63) is 285 Å². The molecule has 0 bridgehead atoms. The minimum Gasteiger partial charge on any atom is -0.489 e. The molecule has 10 rings (SSSR count). The minimum absolute atomic E-state index is 0.305. The van der Waals surface area contributed by atoms with Gasteiger partial charge >= 0.3 is 11.8 Å². The summed E-state index contributed by atoms with van der Waals surface area (Å²) in [5.41, 5.74) is -5.13. The summed E-state index contributed by atoms with van der Waals surface area (Å²) in [6.45, 7) is 12.7. The molecule has 16 nitrogen and oxygen atoms in total. The third-order valence-corrected chi connectivity index (χ3v) is 12.9. The Kier molecular flexibility index (Phi) is 17.9. The predicted octanol–water partition coefficient (Wildman–Crippen LogP) is 11.1. The average molecular weight is 1170 g/mol. The van der Waals surface area contributed by atoms with Crippen molar-refractivity contribution >= 4 is 11.4 Å². The van der Waals surface area contributed by atoms with Crippen molar-refractivity contribution in [2.45, 2.75) is 49.4 Å². The number of benzene rings is 6. The van der Waals surface area contributed by atoms with Gasteiger partial charge in [-0.05, 0) is 129 Å². The highest BCUT2D eigenvalue weighted by molar-refractivity contribution is 5.48. The lowest BCUT2D eigenvalue weighted by Gasteiger charge is -2.35. The van der Waals surface area contributed by atoms with Gasteiger partial charge in [-0.3, -0.25) is 9.97 Å². The number of nitrogens with zero attached hydrogens (tertiary/aromatic N) is 12. The van der Waals surface area contributed by atoms with E-state index in [0.29, 0.717) is 70.5 Å². The van der Waals surface area contributed by atoms with E-state index in [1.54, 1.807) is 72.8 Å². The van der Waals surface area contributed by atoms with Crippen LogP contribution in [0.25, 0.3) is 9.69 Å². The van der Waals surface area contributed by atoms with Crippen molar-refractivity contribution in [1.29, 1.82) is 0 Å². The average Bonchev–Trinajstić information content (AvgIpc) is 0.996. The number of halogens is 8. The lowest BCUT2D eigenvalue weighted by molar-refractivity contribution is -0.207. The molecule has 86 heavy (non-hydrogen) atoms. The molecule has 10 aromatic rings. The maximum absolute atomic E-state index is 15.9. The fourth-order valence-electron chi connectivity index (χ4n) is 8.29. The van der Waals surface area contributed by atoms with Crippen molar-refractivity contribution in [2.75, 3.05) is 0 Å². The smallest absolute Gasteiger partial charge is 0.323 e. The number of ether oxygens (including phenoxy) is 2. The normalized spacial score (nSPS) is 12.5. The van der Waals surface area contributed by atoms with Crippen LogP contribution < -0.4 is 9.47 Å². The molecule has 0 saturated heterocycles. The van der Waals surface area contributed by atoms with E-state index in [2.05, 4.69) is 74.4 Å². The zero-order valence-corrected chi connectivity index (χ0v) is 44.3. The van der Waals surface area contributed by atoms with Gasteiger partial charge in [0.2, 0.25) is 0 Å². The Morgan fingerprint density at radius 2 is 0.826 bits per heavy atom. The van der Waals surface area contributed by atoms with Crippen LogP contribution in [0, 0.1) is 60.1 Å². The Hall–Kier alpha value is -11.2. The molecule has 0 aliphatic rings. The van der Waals surface area contributed by atoms with E-state index in [0.717, 1.165) is 81.9 Å². The van der Waals surface area contributed by atoms with Gasteiger partial charge in [-0.25, -0.2) is 36.6 Å². The molecule has 4 heterocycles. The number of alkyl halides is 4. The van der Waals surface area contributed by atoms with Gasteiger partial charge in [0.1, 0.15) is 72.0 Å². The number of hydrogen-bond acceptors (Lipinski definition) is 12. The summed E-state index contributed by atoms with van der Waals surface area (Å²) in [6.07, 6.45) is 4.16. The molecule has 0 saturated carbocycles. The Balaban J connectivity index is 0.000000205. The van der Waals surface area contributed by atoms with Gasteiger partial charge in [0, 0.05) is 57.9 Å². The van der Waals surface area contributed by atoms with Crippen LogP contribution in [0.4, 0.5) is 46.5 Å². The Morgan fingerprint density at radius 3 is 1.14 bits per heavy atom. The fraction of sp³-hybridized carbons (Fsp3) is 0.129. The number of pyridine rings is 2. The van der Waals surface area contributed by atoms with Crippen LogP contribution in [0.1, 0.15) is 55.9 Å². The summed E-state index contributed by atoms with van der Waals surface area (Å²) in [7, 11) is 0. The second-order valence-corrected chi connectivity index (χ2v) is 18.7. The van der Waals surface area contributed by atoms with Crippen molar-refractivity contribution in [3.8, 4) is 35.2 Å². The van der Waals surface area contributed by atoms with Gasteiger partial charge < -0.3 is 19.7 Å². The zero-order valence-electron chi connectivity index (χ0n) is 44.3. The van der Waals surface area contributed by atoms with E-state index in [-0.39, 0.29) is 0 Å². The lowest BCUT2D eigenvalue weighted by Crippen LogP contribution is -2.48. The first-order valence-electron chi connectivity index (χ1n) is 25.2. The van der Waals surface area contributed by atoms with E-state index < -0.39 is 81.9 Å². The van der Waals surface area contributed by atoms with Crippen molar-refractivity contribution < 1.29 is 54.8 Å². The topological polar surface area (TPSA) is 181 Å². The van der Waals surface area contributed by atoms with Gasteiger partial charge in [-0.2, -0.15) is 17.6 Å². The van der Waals surface area contributed by atoms with Crippen molar-refractivity contribution in [2.24, 2.45) is 0 Å². The van der Waals surface area contributed by atoms with Crippen LogP contribution in [-0.4, -0.2) is 60.6 Å². The first kappa shape index (κ1) is 59.4. The number of rotatable bonds is 16. The number of hydrogen-bond donors (Lipinski definition) is 2. The van der Waals surface area contributed by atoms with Crippen LogP contribution in [0.15, 0.2) is 183 Å². The molecule has 0 unspecified atom stereocenters. The highest BCUT2D eigenvalue weighted by atomic mass is 19.3. The van der Waals surface area contributed by atoms with E-state index in [9.17, 15) is 27.8 Å². The van der Waals surface area contributed by atoms with Crippen LogP contribution in [-0.2, 0) is 49.4 Å².